The van der Waals surface area contributed by atoms with E-state index in [4.69, 9.17) is 14.3 Å². The largest absolute Gasteiger partial charge is 0.481 e. The molecule has 1 aliphatic heterocycles. The van der Waals surface area contributed by atoms with E-state index in [1.54, 1.807) is 0 Å². The maximum absolute atomic E-state index is 11.1. The number of carbonyl (C=O) groups excluding carboxylic acids is 2. The van der Waals surface area contributed by atoms with E-state index < -0.39 is 28.7 Å². The first-order valence-corrected chi connectivity index (χ1v) is 5.38. The number of hydrogen-bond acceptors (Lipinski definition) is 7. The SMILES string of the molecule is CC(=O)O.O=C1CN(/N=C/c2ccc([N+](=O)[O-])o2)C(=O)N1. The average Bonchev–Trinajstić information content (AvgIpc) is 2.93. The molecule has 2 heterocycles. The van der Waals surface area contributed by atoms with Crippen LogP contribution in [0.5, 0.6) is 0 Å². The van der Waals surface area contributed by atoms with Crippen LogP contribution in [0, 0.1) is 10.1 Å². The summed E-state index contributed by atoms with van der Waals surface area (Å²) in [6, 6.07) is 1.85. The summed E-state index contributed by atoms with van der Waals surface area (Å²) in [6.07, 6.45) is 1.12. The van der Waals surface area contributed by atoms with E-state index in [2.05, 4.69) is 5.10 Å². The molecule has 11 heteroatoms. The molecule has 0 aromatic carbocycles. The third kappa shape index (κ3) is 5.10. The van der Waals surface area contributed by atoms with Crippen molar-refractivity contribution in [2.75, 3.05) is 6.54 Å². The number of amides is 3. The lowest BCUT2D eigenvalue weighted by molar-refractivity contribution is -0.402. The predicted octanol–water partition coefficient (Wildman–Crippen LogP) is 0.164. The number of hydrazone groups is 1. The molecule has 1 aromatic heterocycles. The molecule has 112 valence electrons. The molecule has 21 heavy (non-hydrogen) atoms. The van der Waals surface area contributed by atoms with Crippen LogP contribution in [0.3, 0.4) is 0 Å². The fraction of sp³-hybridized carbons (Fsp3) is 0.200. The zero-order valence-electron chi connectivity index (χ0n) is 10.7. The Labute approximate surface area is 117 Å². The molecule has 2 rings (SSSR count). The van der Waals surface area contributed by atoms with Crippen LogP contribution >= 0.6 is 0 Å². The van der Waals surface area contributed by atoms with Gasteiger partial charge >= 0.3 is 11.9 Å². The van der Waals surface area contributed by atoms with E-state index in [0.717, 1.165) is 24.2 Å². The summed E-state index contributed by atoms with van der Waals surface area (Å²) in [5.41, 5.74) is 0. The number of carboxylic acids is 1. The highest BCUT2D eigenvalue weighted by molar-refractivity contribution is 6.02. The van der Waals surface area contributed by atoms with Crippen LogP contribution in [0.15, 0.2) is 21.7 Å². The summed E-state index contributed by atoms with van der Waals surface area (Å²) in [6.45, 7) is 0.901. The number of carboxylic acid groups (broad SMARTS) is 1. The van der Waals surface area contributed by atoms with Gasteiger partial charge in [0.05, 0.1) is 12.3 Å². The Bertz CT molecular complexity index is 602. The number of nitro groups is 1. The topological polar surface area (TPSA) is 155 Å². The fourth-order valence-corrected chi connectivity index (χ4v) is 1.16. The minimum atomic E-state index is -0.833. The van der Waals surface area contributed by atoms with Gasteiger partial charge in [-0.3, -0.25) is 25.0 Å². The van der Waals surface area contributed by atoms with Gasteiger partial charge in [-0.1, -0.05) is 0 Å². The van der Waals surface area contributed by atoms with Gasteiger partial charge in [0.25, 0.3) is 5.97 Å². The third-order valence-electron chi connectivity index (χ3n) is 1.89. The average molecular weight is 298 g/mol. The molecule has 0 atom stereocenters. The molecule has 2 N–H and O–H groups in total. The second-order valence-corrected chi connectivity index (χ2v) is 3.61. The summed E-state index contributed by atoms with van der Waals surface area (Å²) < 4.78 is 4.78. The maximum Gasteiger partial charge on any atom is 0.433 e. The highest BCUT2D eigenvalue weighted by Crippen LogP contribution is 2.14. The van der Waals surface area contributed by atoms with Gasteiger partial charge in [-0.05, 0) is 6.07 Å². The lowest BCUT2D eigenvalue weighted by Crippen LogP contribution is -2.24. The first-order chi connectivity index (χ1) is 9.79. The van der Waals surface area contributed by atoms with Crippen LogP contribution in [-0.4, -0.2) is 45.7 Å². The number of nitrogens with zero attached hydrogens (tertiary/aromatic N) is 3. The van der Waals surface area contributed by atoms with Crippen molar-refractivity contribution < 1.29 is 28.8 Å². The Balaban J connectivity index is 0.000000491. The second-order valence-electron chi connectivity index (χ2n) is 3.61. The minimum Gasteiger partial charge on any atom is -0.481 e. The Morgan fingerprint density at radius 3 is 2.62 bits per heavy atom. The van der Waals surface area contributed by atoms with Gasteiger partial charge in [-0.25, -0.2) is 9.80 Å². The lowest BCUT2D eigenvalue weighted by Gasteiger charge is -2.02. The van der Waals surface area contributed by atoms with Gasteiger partial charge in [0.2, 0.25) is 5.91 Å². The van der Waals surface area contributed by atoms with E-state index in [1.807, 2.05) is 5.32 Å². The number of aliphatic carboxylic acids is 1. The monoisotopic (exact) mass is 298 g/mol. The minimum absolute atomic E-state index is 0.115. The number of imide groups is 1. The smallest absolute Gasteiger partial charge is 0.433 e. The van der Waals surface area contributed by atoms with Crippen molar-refractivity contribution >= 4 is 30.0 Å². The molecule has 0 aliphatic carbocycles. The summed E-state index contributed by atoms with van der Waals surface area (Å²) in [5, 5.41) is 24.3. The van der Waals surface area contributed by atoms with Crippen LogP contribution in [0.4, 0.5) is 10.7 Å². The standard InChI is InChI=1S/C8H6N4O5.C2H4O2/c13-6-4-11(8(14)10-6)9-3-5-1-2-7(17-5)12(15)16;1-2(3)4/h1-3H,4H2,(H,10,13,14);1H3,(H,3,4)/b9-3+;. The van der Waals surface area contributed by atoms with Gasteiger partial charge in [0.1, 0.15) is 11.5 Å². The molecule has 11 nitrogen and oxygen atoms in total. The van der Waals surface area contributed by atoms with E-state index >= 15 is 0 Å². The van der Waals surface area contributed by atoms with Crippen LogP contribution in [0.1, 0.15) is 12.7 Å². The molecule has 1 fully saturated rings. The zero-order chi connectivity index (χ0) is 16.0. The molecule has 0 radical (unpaired) electrons. The molecule has 3 amide bonds. The molecule has 0 spiro atoms. The van der Waals surface area contributed by atoms with Crippen molar-refractivity contribution in [3.63, 3.8) is 0 Å². The Morgan fingerprint density at radius 2 is 2.19 bits per heavy atom. The predicted molar refractivity (Wildman–Crippen MR) is 66.5 cm³/mol. The summed E-state index contributed by atoms with van der Waals surface area (Å²) in [4.78, 5) is 40.5. The third-order valence-corrected chi connectivity index (χ3v) is 1.89. The van der Waals surface area contributed by atoms with E-state index in [-0.39, 0.29) is 12.3 Å². The van der Waals surface area contributed by atoms with Crippen molar-refractivity contribution in [3.8, 4) is 0 Å². The van der Waals surface area contributed by atoms with Crippen molar-refractivity contribution in [2.24, 2.45) is 5.10 Å². The van der Waals surface area contributed by atoms with E-state index in [0.29, 0.717) is 0 Å². The van der Waals surface area contributed by atoms with Gasteiger partial charge in [0, 0.05) is 6.92 Å². The second kappa shape index (κ2) is 6.79. The van der Waals surface area contributed by atoms with Crippen molar-refractivity contribution in [2.45, 2.75) is 6.92 Å². The molecule has 0 bridgehead atoms. The van der Waals surface area contributed by atoms with Crippen LogP contribution in [-0.2, 0) is 9.59 Å². The molecular weight excluding hydrogens is 288 g/mol. The normalized spacial score (nSPS) is 13.9. The lowest BCUT2D eigenvalue weighted by atomic mass is 10.5. The summed E-state index contributed by atoms with van der Waals surface area (Å²) in [5.74, 6) is -1.60. The highest BCUT2D eigenvalue weighted by Gasteiger charge is 2.26. The fourth-order valence-electron chi connectivity index (χ4n) is 1.16. The van der Waals surface area contributed by atoms with Crippen molar-refractivity contribution in [3.05, 3.63) is 28.0 Å². The Morgan fingerprint density at radius 1 is 1.57 bits per heavy atom. The number of carbonyl (C=O) groups is 3. The van der Waals surface area contributed by atoms with Crippen LogP contribution in [0.2, 0.25) is 0 Å². The molecular formula is C10H10N4O7. The first kappa shape index (κ1) is 15.8. The summed E-state index contributed by atoms with van der Waals surface area (Å²) in [7, 11) is 0. The van der Waals surface area contributed by atoms with Crippen molar-refractivity contribution in [1.29, 1.82) is 0 Å². The van der Waals surface area contributed by atoms with Crippen LogP contribution in [0.25, 0.3) is 0 Å². The van der Waals surface area contributed by atoms with Crippen molar-refractivity contribution in [1.82, 2.24) is 10.3 Å². The highest BCUT2D eigenvalue weighted by atomic mass is 16.6. The summed E-state index contributed by atoms with van der Waals surface area (Å²) >= 11 is 0. The quantitative estimate of drug-likeness (QED) is 0.348. The van der Waals surface area contributed by atoms with Gasteiger partial charge in [0.15, 0.2) is 5.76 Å². The van der Waals surface area contributed by atoms with Gasteiger partial charge < -0.3 is 9.52 Å². The number of furan rings is 1. The molecule has 1 aliphatic rings. The van der Waals surface area contributed by atoms with Gasteiger partial charge in [-0.2, -0.15) is 5.10 Å². The number of hydrogen-bond donors (Lipinski definition) is 2. The van der Waals surface area contributed by atoms with E-state index in [9.17, 15) is 19.7 Å². The number of nitrogens with one attached hydrogen (secondary N) is 1. The molecule has 1 aromatic rings. The zero-order valence-corrected chi connectivity index (χ0v) is 10.7. The first-order valence-electron chi connectivity index (χ1n) is 5.38. The number of urea groups is 1. The number of rotatable bonds is 3. The van der Waals surface area contributed by atoms with E-state index in [1.165, 1.54) is 6.07 Å². The van der Waals surface area contributed by atoms with Gasteiger partial charge in [-0.15, -0.1) is 0 Å². The molecule has 0 unspecified atom stereocenters. The molecule has 1 saturated heterocycles. The molecule has 0 saturated carbocycles. The maximum atomic E-state index is 11.1. The van der Waals surface area contributed by atoms with Crippen LogP contribution < -0.4 is 5.32 Å². The Hall–Kier alpha value is -3.24. The Kier molecular flexibility index (Phi) is 5.11.